The van der Waals surface area contributed by atoms with Crippen LogP contribution in [-0.2, 0) is 6.42 Å². The molecule has 0 radical (unpaired) electrons. The Balaban J connectivity index is 1.66. The molecule has 0 bridgehead atoms. The van der Waals surface area contributed by atoms with E-state index in [1.807, 2.05) is 18.2 Å². The minimum absolute atomic E-state index is 0.764. The molecular formula is C13H14BrN3S. The lowest BCUT2D eigenvalue weighted by molar-refractivity contribution is 0.677. The molecule has 1 aliphatic rings. The maximum absolute atomic E-state index is 4.27. The van der Waals surface area contributed by atoms with E-state index in [2.05, 4.69) is 37.5 Å². The Morgan fingerprint density at radius 1 is 1.28 bits per heavy atom. The van der Waals surface area contributed by atoms with E-state index in [0.717, 1.165) is 39.1 Å². The molecule has 0 atom stereocenters. The molecular weight excluding hydrogens is 310 g/mol. The third-order valence-corrected chi connectivity index (χ3v) is 4.63. The largest absolute Gasteiger partial charge is 0.314 e. The second-order valence-electron chi connectivity index (χ2n) is 4.46. The molecule has 1 aliphatic carbocycles. The Morgan fingerprint density at radius 2 is 2.11 bits per heavy atom. The van der Waals surface area contributed by atoms with Crippen molar-refractivity contribution in [2.45, 2.75) is 25.3 Å². The van der Waals surface area contributed by atoms with Crippen LogP contribution in [0.15, 0.2) is 28.7 Å². The predicted octanol–water partition coefficient (Wildman–Crippen LogP) is 3.26. The molecule has 18 heavy (non-hydrogen) atoms. The lowest BCUT2D eigenvalue weighted by atomic mass is 10.2. The van der Waals surface area contributed by atoms with Crippen LogP contribution in [0.25, 0.3) is 10.6 Å². The summed E-state index contributed by atoms with van der Waals surface area (Å²) in [7, 11) is 0. The van der Waals surface area contributed by atoms with Gasteiger partial charge in [0, 0.05) is 29.0 Å². The highest BCUT2D eigenvalue weighted by Crippen LogP contribution is 2.30. The molecule has 5 heteroatoms. The van der Waals surface area contributed by atoms with Gasteiger partial charge in [-0.15, -0.1) is 10.2 Å². The Kier molecular flexibility index (Phi) is 3.72. The Labute approximate surface area is 119 Å². The van der Waals surface area contributed by atoms with Crippen LogP contribution in [0.5, 0.6) is 0 Å². The van der Waals surface area contributed by atoms with Crippen molar-refractivity contribution in [2.24, 2.45) is 0 Å². The molecule has 1 aromatic heterocycles. The van der Waals surface area contributed by atoms with Crippen LogP contribution < -0.4 is 5.32 Å². The standard InChI is InChI=1S/C13H14BrN3S/c14-11-4-2-1-3-10(11)13-17-16-12(18-13)7-8-15-9-5-6-9/h1-4,9,15H,5-8H2. The first-order valence-corrected chi connectivity index (χ1v) is 7.74. The van der Waals surface area contributed by atoms with Gasteiger partial charge in [0.05, 0.1) is 0 Å². The van der Waals surface area contributed by atoms with Gasteiger partial charge < -0.3 is 5.32 Å². The summed E-state index contributed by atoms with van der Waals surface area (Å²) in [6, 6.07) is 8.90. The summed E-state index contributed by atoms with van der Waals surface area (Å²) in [6.45, 7) is 1.01. The average molecular weight is 324 g/mol. The summed E-state index contributed by atoms with van der Waals surface area (Å²) in [5, 5.41) is 14.1. The van der Waals surface area contributed by atoms with Crippen molar-refractivity contribution in [2.75, 3.05) is 6.54 Å². The van der Waals surface area contributed by atoms with E-state index >= 15 is 0 Å². The van der Waals surface area contributed by atoms with E-state index in [9.17, 15) is 0 Å². The molecule has 1 saturated carbocycles. The third-order valence-electron chi connectivity index (χ3n) is 2.92. The van der Waals surface area contributed by atoms with Crippen LogP contribution in [0.3, 0.4) is 0 Å². The maximum atomic E-state index is 4.27. The lowest BCUT2D eigenvalue weighted by Gasteiger charge is -1.98. The quantitative estimate of drug-likeness (QED) is 0.917. The average Bonchev–Trinajstić information content (AvgIpc) is 3.08. The molecule has 1 aromatic carbocycles. The Bertz CT molecular complexity index is 537. The predicted molar refractivity (Wildman–Crippen MR) is 77.8 cm³/mol. The maximum Gasteiger partial charge on any atom is 0.148 e. The van der Waals surface area contributed by atoms with Crippen LogP contribution in [-0.4, -0.2) is 22.8 Å². The summed E-state index contributed by atoms with van der Waals surface area (Å²) in [4.78, 5) is 0. The summed E-state index contributed by atoms with van der Waals surface area (Å²) < 4.78 is 1.07. The summed E-state index contributed by atoms with van der Waals surface area (Å²) >= 11 is 5.23. The van der Waals surface area contributed by atoms with E-state index in [4.69, 9.17) is 0 Å². The zero-order chi connectivity index (χ0) is 12.4. The monoisotopic (exact) mass is 323 g/mol. The molecule has 0 unspecified atom stereocenters. The number of nitrogens with one attached hydrogen (secondary N) is 1. The van der Waals surface area contributed by atoms with Gasteiger partial charge in [-0.05, 0) is 18.9 Å². The SMILES string of the molecule is Brc1ccccc1-c1nnc(CCNC2CC2)s1. The van der Waals surface area contributed by atoms with Gasteiger partial charge in [0.2, 0.25) is 0 Å². The van der Waals surface area contributed by atoms with Crippen LogP contribution >= 0.6 is 27.3 Å². The number of rotatable bonds is 5. The molecule has 0 aliphatic heterocycles. The number of benzene rings is 1. The smallest absolute Gasteiger partial charge is 0.148 e. The highest BCUT2D eigenvalue weighted by molar-refractivity contribution is 9.10. The summed E-state index contributed by atoms with van der Waals surface area (Å²) in [5.74, 6) is 0. The number of hydrogen-bond donors (Lipinski definition) is 1. The van der Waals surface area contributed by atoms with E-state index in [0.29, 0.717) is 0 Å². The minimum Gasteiger partial charge on any atom is -0.314 e. The summed E-state index contributed by atoms with van der Waals surface area (Å²) in [5.41, 5.74) is 1.12. The van der Waals surface area contributed by atoms with Crippen LogP contribution in [0.1, 0.15) is 17.8 Å². The van der Waals surface area contributed by atoms with Crippen molar-refractivity contribution >= 4 is 27.3 Å². The normalized spacial score (nSPS) is 14.9. The molecule has 3 rings (SSSR count). The second-order valence-corrected chi connectivity index (χ2v) is 6.38. The lowest BCUT2D eigenvalue weighted by Crippen LogP contribution is -2.19. The minimum atomic E-state index is 0.764. The van der Waals surface area contributed by atoms with Crippen molar-refractivity contribution in [1.82, 2.24) is 15.5 Å². The Hall–Kier alpha value is -0.780. The zero-order valence-corrected chi connectivity index (χ0v) is 12.3. The first-order valence-electron chi connectivity index (χ1n) is 6.13. The van der Waals surface area contributed by atoms with E-state index < -0.39 is 0 Å². The van der Waals surface area contributed by atoms with Crippen molar-refractivity contribution in [1.29, 1.82) is 0 Å². The number of nitrogens with zero attached hydrogens (tertiary/aromatic N) is 2. The molecule has 0 amide bonds. The van der Waals surface area contributed by atoms with Gasteiger partial charge in [0.1, 0.15) is 10.0 Å². The second kappa shape index (κ2) is 5.47. The van der Waals surface area contributed by atoms with Gasteiger partial charge in [-0.2, -0.15) is 0 Å². The van der Waals surface area contributed by atoms with Gasteiger partial charge in [0.25, 0.3) is 0 Å². The van der Waals surface area contributed by atoms with Gasteiger partial charge in [0.15, 0.2) is 0 Å². The van der Waals surface area contributed by atoms with Gasteiger partial charge >= 0.3 is 0 Å². The molecule has 2 aromatic rings. The molecule has 1 fully saturated rings. The fraction of sp³-hybridized carbons (Fsp3) is 0.385. The highest BCUT2D eigenvalue weighted by atomic mass is 79.9. The van der Waals surface area contributed by atoms with E-state index in [-0.39, 0.29) is 0 Å². The number of hydrogen-bond acceptors (Lipinski definition) is 4. The molecule has 3 nitrogen and oxygen atoms in total. The van der Waals surface area contributed by atoms with Gasteiger partial charge in [-0.1, -0.05) is 45.5 Å². The van der Waals surface area contributed by atoms with Crippen LogP contribution in [0.2, 0.25) is 0 Å². The molecule has 94 valence electrons. The Morgan fingerprint density at radius 3 is 2.89 bits per heavy atom. The van der Waals surface area contributed by atoms with Crippen molar-refractivity contribution < 1.29 is 0 Å². The van der Waals surface area contributed by atoms with Crippen molar-refractivity contribution in [3.8, 4) is 10.6 Å². The highest BCUT2D eigenvalue weighted by Gasteiger charge is 2.20. The number of aromatic nitrogens is 2. The summed E-state index contributed by atoms with van der Waals surface area (Å²) in [6.07, 6.45) is 3.63. The topological polar surface area (TPSA) is 37.8 Å². The molecule has 0 spiro atoms. The van der Waals surface area contributed by atoms with E-state index in [1.165, 1.54) is 12.8 Å². The fourth-order valence-corrected chi connectivity index (χ4v) is 3.25. The van der Waals surface area contributed by atoms with Crippen molar-refractivity contribution in [3.05, 3.63) is 33.7 Å². The van der Waals surface area contributed by atoms with Crippen LogP contribution in [0, 0.1) is 0 Å². The zero-order valence-electron chi connectivity index (χ0n) is 9.90. The molecule has 0 saturated heterocycles. The molecule has 1 heterocycles. The molecule has 1 N–H and O–H groups in total. The number of halogens is 1. The first kappa shape index (κ1) is 12.3. The van der Waals surface area contributed by atoms with E-state index in [1.54, 1.807) is 11.3 Å². The van der Waals surface area contributed by atoms with Crippen LogP contribution in [0.4, 0.5) is 0 Å². The fourth-order valence-electron chi connectivity index (χ4n) is 1.77. The third kappa shape index (κ3) is 2.96. The van der Waals surface area contributed by atoms with Gasteiger partial charge in [-0.25, -0.2) is 0 Å². The first-order chi connectivity index (χ1) is 8.83. The van der Waals surface area contributed by atoms with Gasteiger partial charge in [-0.3, -0.25) is 0 Å². The van der Waals surface area contributed by atoms with Crippen molar-refractivity contribution in [3.63, 3.8) is 0 Å².